The number of benzene rings is 1. The normalized spacial score (nSPS) is 15.6. The lowest BCUT2D eigenvalue weighted by molar-refractivity contribution is -0.123. The predicted molar refractivity (Wildman–Crippen MR) is 172 cm³/mol. The zero-order valence-corrected chi connectivity index (χ0v) is 28.2. The Bertz CT molecular complexity index is 1240. The summed E-state index contributed by atoms with van der Waals surface area (Å²) in [4.78, 5) is 84.3. The minimum Gasteiger partial charge on any atom is -0.448 e. The summed E-state index contributed by atoms with van der Waals surface area (Å²) in [5.74, 6) is -1.29. The molecule has 3 amide bonds. The second-order valence-electron chi connectivity index (χ2n) is 10.8. The molecule has 0 unspecified atom stereocenters. The van der Waals surface area contributed by atoms with Crippen LogP contribution in [0.2, 0.25) is 0 Å². The largest absolute Gasteiger partial charge is 0.480 e. The SMILES string of the molecule is CC(C)C[C@@H](NC(=O)[C@@H](Cc1ccccc1)NC(=O)c1cnccn1)B1OCCN(CCOC(=O)NC(OP(O)O)OP(O)O)CCO1. The molecular formula is C27H41BN6O12P2. The first-order chi connectivity index (χ1) is 23.0. The lowest BCUT2D eigenvalue weighted by atomic mass is 9.73. The number of carbonyl (C=O) groups is 3. The molecule has 1 aromatic carbocycles. The van der Waals surface area contributed by atoms with Crippen LogP contribution in [-0.4, -0.2) is 117 Å². The van der Waals surface area contributed by atoms with Gasteiger partial charge < -0.3 is 44.3 Å². The molecule has 1 aliphatic rings. The van der Waals surface area contributed by atoms with Gasteiger partial charge in [-0.2, -0.15) is 0 Å². The number of aromatic nitrogens is 2. The Morgan fingerprint density at radius 2 is 1.65 bits per heavy atom. The minimum absolute atomic E-state index is 0.0843. The molecule has 0 spiro atoms. The molecule has 48 heavy (non-hydrogen) atoms. The molecule has 0 saturated carbocycles. The van der Waals surface area contributed by atoms with Gasteiger partial charge in [0.05, 0.1) is 12.1 Å². The summed E-state index contributed by atoms with van der Waals surface area (Å²) in [5.41, 5.74) is 0.939. The average Bonchev–Trinajstić information content (AvgIpc) is 3.01. The van der Waals surface area contributed by atoms with E-state index < -0.39 is 60.6 Å². The highest BCUT2D eigenvalue weighted by atomic mass is 31.2. The standard InChI is InChI=1S/C27H41BN6O12P2/c1-19(2)16-23(32-24(35)21(17-20-6-4-3-5-7-20)31-25(36)22-18-29-8-9-30-22)28-43-14-11-34(12-15-44-28)10-13-42-26(37)33-27(45-47(38)39)46-48(40)41/h3-9,18-19,21,23,27,38-41H,10-17H2,1-2H3,(H,31,36)(H,32,35)(H,33,37)/t21-,23-/m1/s1. The molecule has 21 heteroatoms. The van der Waals surface area contributed by atoms with E-state index in [1.54, 1.807) is 0 Å². The molecule has 264 valence electrons. The molecule has 1 aliphatic heterocycles. The zero-order valence-electron chi connectivity index (χ0n) is 26.5. The number of hydrogen-bond donors (Lipinski definition) is 7. The molecular weight excluding hydrogens is 673 g/mol. The Morgan fingerprint density at radius 3 is 2.23 bits per heavy atom. The van der Waals surface area contributed by atoms with E-state index in [2.05, 4.69) is 29.6 Å². The molecule has 0 bridgehead atoms. The van der Waals surface area contributed by atoms with Gasteiger partial charge in [0.15, 0.2) is 0 Å². The van der Waals surface area contributed by atoms with E-state index >= 15 is 0 Å². The highest BCUT2D eigenvalue weighted by Gasteiger charge is 2.36. The maximum Gasteiger partial charge on any atom is 0.480 e. The Labute approximate surface area is 280 Å². The van der Waals surface area contributed by atoms with Gasteiger partial charge >= 0.3 is 30.4 Å². The van der Waals surface area contributed by atoms with Crippen molar-refractivity contribution >= 4 is 42.2 Å². The number of hydrogen-bond acceptors (Lipinski definition) is 15. The molecule has 1 aromatic heterocycles. The van der Waals surface area contributed by atoms with Gasteiger partial charge in [-0.3, -0.25) is 33.8 Å². The topological polar surface area (TPSA) is 243 Å². The summed E-state index contributed by atoms with van der Waals surface area (Å²) >= 11 is 0. The van der Waals surface area contributed by atoms with Crippen molar-refractivity contribution in [3.63, 3.8) is 0 Å². The quantitative estimate of drug-likeness (QED) is 0.0657. The number of amides is 3. The number of ether oxygens (including phenoxy) is 1. The fraction of sp³-hybridized carbons (Fsp3) is 0.519. The minimum atomic E-state index is -2.96. The first-order valence-corrected chi connectivity index (χ1v) is 17.3. The smallest absolute Gasteiger partial charge is 0.448 e. The number of nitrogens with zero attached hydrogens (tertiary/aromatic N) is 3. The third kappa shape index (κ3) is 15.1. The van der Waals surface area contributed by atoms with Crippen molar-refractivity contribution in [2.24, 2.45) is 5.92 Å². The molecule has 7 N–H and O–H groups in total. The van der Waals surface area contributed by atoms with Crippen molar-refractivity contribution in [3.8, 4) is 0 Å². The van der Waals surface area contributed by atoms with Crippen LogP contribution in [0.4, 0.5) is 4.79 Å². The van der Waals surface area contributed by atoms with E-state index in [0.717, 1.165) is 5.56 Å². The molecule has 2 atom stereocenters. The molecule has 3 rings (SSSR count). The van der Waals surface area contributed by atoms with Gasteiger partial charge in [-0.1, -0.05) is 44.2 Å². The summed E-state index contributed by atoms with van der Waals surface area (Å²) in [6, 6.07) is 8.40. The lowest BCUT2D eigenvalue weighted by Gasteiger charge is -2.32. The number of carbonyl (C=O) groups excluding carboxylic acids is 3. The van der Waals surface area contributed by atoms with Crippen molar-refractivity contribution in [1.82, 2.24) is 30.8 Å². The summed E-state index contributed by atoms with van der Waals surface area (Å²) in [6.45, 7) is 5.59. The highest BCUT2D eigenvalue weighted by molar-refractivity contribution is 7.40. The Morgan fingerprint density at radius 1 is 0.979 bits per heavy atom. The van der Waals surface area contributed by atoms with Crippen molar-refractivity contribution in [1.29, 1.82) is 0 Å². The fourth-order valence-electron chi connectivity index (χ4n) is 4.60. The second kappa shape index (κ2) is 21.2. The van der Waals surface area contributed by atoms with Crippen LogP contribution in [0, 0.1) is 5.92 Å². The van der Waals surface area contributed by atoms with E-state index in [4.69, 9.17) is 33.6 Å². The third-order valence-corrected chi connectivity index (χ3v) is 7.48. The van der Waals surface area contributed by atoms with Gasteiger partial charge in [-0.25, -0.2) is 9.78 Å². The summed E-state index contributed by atoms with van der Waals surface area (Å²) in [5, 5.41) is 7.81. The van der Waals surface area contributed by atoms with Crippen LogP contribution in [-0.2, 0) is 34.3 Å². The first kappa shape index (κ1) is 39.5. The number of nitrogens with one attached hydrogen (secondary N) is 3. The van der Waals surface area contributed by atoms with Crippen LogP contribution in [0.1, 0.15) is 36.3 Å². The molecule has 2 heterocycles. The van der Waals surface area contributed by atoms with E-state index in [1.807, 2.05) is 54.4 Å². The Kier molecular flexibility index (Phi) is 17.5. The predicted octanol–water partition coefficient (Wildman–Crippen LogP) is 0.191. The zero-order chi connectivity index (χ0) is 34.9. The lowest BCUT2D eigenvalue weighted by Crippen LogP contribution is -2.57. The van der Waals surface area contributed by atoms with Crippen LogP contribution in [0.3, 0.4) is 0 Å². The summed E-state index contributed by atoms with van der Waals surface area (Å²) in [7, 11) is -6.69. The Hall–Kier alpha value is -2.93. The average molecular weight is 714 g/mol. The highest BCUT2D eigenvalue weighted by Crippen LogP contribution is 2.33. The van der Waals surface area contributed by atoms with Crippen molar-refractivity contribution in [3.05, 3.63) is 60.2 Å². The van der Waals surface area contributed by atoms with Crippen LogP contribution >= 0.6 is 17.2 Å². The van der Waals surface area contributed by atoms with Gasteiger partial charge in [-0.05, 0) is 17.9 Å². The molecule has 1 saturated heterocycles. The van der Waals surface area contributed by atoms with Crippen LogP contribution in [0.25, 0.3) is 0 Å². The third-order valence-electron chi connectivity index (χ3n) is 6.72. The van der Waals surface area contributed by atoms with E-state index in [9.17, 15) is 14.4 Å². The molecule has 0 aliphatic carbocycles. The summed E-state index contributed by atoms with van der Waals surface area (Å²) in [6.07, 6.45) is 2.05. The molecule has 1 fully saturated rings. The van der Waals surface area contributed by atoms with E-state index in [1.165, 1.54) is 18.6 Å². The molecule has 2 aromatic rings. The molecule has 0 radical (unpaired) electrons. The number of rotatable bonds is 17. The first-order valence-electron chi connectivity index (χ1n) is 15.0. The van der Waals surface area contributed by atoms with Gasteiger partial charge in [0.1, 0.15) is 18.3 Å². The maximum absolute atomic E-state index is 13.7. The van der Waals surface area contributed by atoms with Gasteiger partial charge in [-0.15, -0.1) is 0 Å². The second-order valence-corrected chi connectivity index (χ2v) is 12.3. The van der Waals surface area contributed by atoms with Crippen molar-refractivity contribution in [2.45, 2.75) is 45.1 Å². The number of alkyl carbamates (subject to hydrolysis) is 1. The van der Waals surface area contributed by atoms with Crippen LogP contribution in [0.15, 0.2) is 48.9 Å². The van der Waals surface area contributed by atoms with Crippen LogP contribution in [0.5, 0.6) is 0 Å². The van der Waals surface area contributed by atoms with Gasteiger partial charge in [0.25, 0.3) is 12.3 Å². The van der Waals surface area contributed by atoms with Crippen molar-refractivity contribution < 1.29 is 57.1 Å². The summed E-state index contributed by atoms with van der Waals surface area (Å²) < 4.78 is 26.1. The van der Waals surface area contributed by atoms with E-state index in [-0.39, 0.29) is 44.4 Å². The monoisotopic (exact) mass is 714 g/mol. The van der Waals surface area contributed by atoms with Gasteiger partial charge in [0, 0.05) is 51.7 Å². The fourth-order valence-corrected chi connectivity index (χ4v) is 5.20. The maximum atomic E-state index is 13.7. The van der Waals surface area contributed by atoms with E-state index in [0.29, 0.717) is 19.5 Å². The Balaban J connectivity index is 1.55. The van der Waals surface area contributed by atoms with Gasteiger partial charge in [0.2, 0.25) is 5.91 Å². The van der Waals surface area contributed by atoms with Crippen LogP contribution < -0.4 is 16.0 Å². The van der Waals surface area contributed by atoms with Crippen molar-refractivity contribution in [2.75, 3.05) is 39.5 Å². The molecule has 18 nitrogen and oxygen atoms in total.